The van der Waals surface area contributed by atoms with E-state index in [4.69, 9.17) is 16.3 Å². The largest absolute Gasteiger partial charge is 0.444 e. The van der Waals surface area contributed by atoms with Gasteiger partial charge in [-0.05, 0) is 61.4 Å². The first kappa shape index (κ1) is 21.3. The van der Waals surface area contributed by atoms with E-state index in [-0.39, 0.29) is 18.6 Å². The minimum atomic E-state index is -0.550. The molecule has 1 atom stereocenters. The Kier molecular flexibility index (Phi) is 7.03. The van der Waals surface area contributed by atoms with E-state index in [1.54, 1.807) is 54.7 Å². The maximum Gasteiger partial charge on any atom is 0.411 e. The average molecular weight is 424 g/mol. The lowest BCUT2D eigenvalue weighted by Crippen LogP contribution is -2.26. The van der Waals surface area contributed by atoms with Gasteiger partial charge in [0.2, 0.25) is 0 Å². The first-order valence-electron chi connectivity index (χ1n) is 9.42. The maximum atomic E-state index is 12.3. The van der Waals surface area contributed by atoms with Crippen molar-refractivity contribution in [3.63, 3.8) is 0 Å². The number of benzene rings is 2. The second-order valence-corrected chi connectivity index (χ2v) is 7.27. The summed E-state index contributed by atoms with van der Waals surface area (Å²) in [5.41, 5.74) is 3.71. The molecule has 30 heavy (non-hydrogen) atoms. The zero-order chi connectivity index (χ0) is 21.5. The fourth-order valence-electron chi connectivity index (χ4n) is 2.70. The van der Waals surface area contributed by atoms with Crippen molar-refractivity contribution in [3.05, 3.63) is 94.3 Å². The Morgan fingerprint density at radius 3 is 2.37 bits per heavy atom. The van der Waals surface area contributed by atoms with E-state index in [1.165, 1.54) is 0 Å². The third-order valence-electron chi connectivity index (χ3n) is 4.46. The quantitative estimate of drug-likeness (QED) is 0.565. The summed E-state index contributed by atoms with van der Waals surface area (Å²) in [4.78, 5) is 28.4. The zero-order valence-corrected chi connectivity index (χ0v) is 17.4. The first-order chi connectivity index (χ1) is 14.4. The average Bonchev–Trinajstić information content (AvgIpc) is 2.74. The van der Waals surface area contributed by atoms with Crippen LogP contribution in [0.4, 0.5) is 10.5 Å². The smallest absolute Gasteiger partial charge is 0.411 e. The Morgan fingerprint density at radius 1 is 1.03 bits per heavy atom. The van der Waals surface area contributed by atoms with Gasteiger partial charge in [-0.3, -0.25) is 15.1 Å². The number of nitrogens with one attached hydrogen (secondary N) is 2. The van der Waals surface area contributed by atoms with Crippen LogP contribution < -0.4 is 10.6 Å². The molecule has 2 N–H and O–H groups in total. The predicted molar refractivity (Wildman–Crippen MR) is 117 cm³/mol. The number of amides is 2. The summed E-state index contributed by atoms with van der Waals surface area (Å²) in [6.07, 6.45) is 1.01. The van der Waals surface area contributed by atoms with E-state index in [0.717, 1.165) is 16.8 Å². The fourth-order valence-corrected chi connectivity index (χ4v) is 2.83. The number of rotatable bonds is 6. The van der Waals surface area contributed by atoms with Crippen LogP contribution in [0.1, 0.15) is 40.1 Å². The lowest BCUT2D eigenvalue weighted by atomic mass is 10.1. The second-order valence-electron chi connectivity index (χ2n) is 6.83. The van der Waals surface area contributed by atoms with E-state index >= 15 is 0 Å². The van der Waals surface area contributed by atoms with Crippen molar-refractivity contribution in [1.82, 2.24) is 10.3 Å². The number of anilines is 1. The SMILES string of the molecule is Cc1ccc(C(=O)NC(C)c2ccc(NC(=O)OCc3ccc(Cl)cc3)cc2)cn1. The second kappa shape index (κ2) is 9.89. The molecule has 0 aliphatic rings. The molecule has 1 unspecified atom stereocenters. The molecular formula is C23H22ClN3O3. The van der Waals surface area contributed by atoms with Crippen LogP contribution in [0.5, 0.6) is 0 Å². The highest BCUT2D eigenvalue weighted by Gasteiger charge is 2.12. The van der Waals surface area contributed by atoms with Crippen molar-refractivity contribution in [2.75, 3.05) is 5.32 Å². The summed E-state index contributed by atoms with van der Waals surface area (Å²) < 4.78 is 5.20. The number of hydrogen-bond acceptors (Lipinski definition) is 4. The molecule has 0 bridgehead atoms. The van der Waals surface area contributed by atoms with Crippen LogP contribution in [-0.2, 0) is 11.3 Å². The van der Waals surface area contributed by atoms with Crippen molar-refractivity contribution in [3.8, 4) is 0 Å². The van der Waals surface area contributed by atoms with E-state index in [2.05, 4.69) is 15.6 Å². The Labute approximate surface area is 180 Å². The van der Waals surface area contributed by atoms with Gasteiger partial charge in [0.15, 0.2) is 0 Å². The Bertz CT molecular complexity index is 1000. The molecule has 0 spiro atoms. The molecule has 154 valence electrons. The van der Waals surface area contributed by atoms with Gasteiger partial charge in [0, 0.05) is 22.6 Å². The van der Waals surface area contributed by atoms with Crippen LogP contribution in [0.15, 0.2) is 66.9 Å². The van der Waals surface area contributed by atoms with Gasteiger partial charge in [0.25, 0.3) is 5.91 Å². The number of hydrogen-bond donors (Lipinski definition) is 2. The summed E-state index contributed by atoms with van der Waals surface area (Å²) in [6.45, 7) is 3.91. The fraction of sp³-hybridized carbons (Fsp3) is 0.174. The molecule has 2 aromatic carbocycles. The van der Waals surface area contributed by atoms with Crippen molar-refractivity contribution < 1.29 is 14.3 Å². The summed E-state index contributed by atoms with van der Waals surface area (Å²) in [5, 5.41) is 6.24. The van der Waals surface area contributed by atoms with Crippen LogP contribution in [0.2, 0.25) is 5.02 Å². The van der Waals surface area contributed by atoms with E-state index < -0.39 is 6.09 Å². The molecule has 0 aliphatic heterocycles. The van der Waals surface area contributed by atoms with Crippen LogP contribution >= 0.6 is 11.6 Å². The summed E-state index contributed by atoms with van der Waals surface area (Å²) in [7, 11) is 0. The number of nitrogens with zero attached hydrogens (tertiary/aromatic N) is 1. The Balaban J connectivity index is 1.50. The van der Waals surface area contributed by atoms with Crippen LogP contribution in [0.25, 0.3) is 0 Å². The van der Waals surface area contributed by atoms with Gasteiger partial charge in [-0.1, -0.05) is 35.9 Å². The Hall–Kier alpha value is -3.38. The number of carbonyl (C=O) groups is 2. The number of ether oxygens (including phenoxy) is 1. The van der Waals surface area contributed by atoms with Crippen LogP contribution in [-0.4, -0.2) is 17.0 Å². The summed E-state index contributed by atoms with van der Waals surface area (Å²) in [5.74, 6) is -0.192. The molecule has 0 saturated heterocycles. The molecule has 0 aliphatic carbocycles. The molecular weight excluding hydrogens is 402 g/mol. The minimum Gasteiger partial charge on any atom is -0.444 e. The summed E-state index contributed by atoms with van der Waals surface area (Å²) >= 11 is 5.84. The van der Waals surface area contributed by atoms with Gasteiger partial charge >= 0.3 is 6.09 Å². The molecule has 1 heterocycles. The van der Waals surface area contributed by atoms with Gasteiger partial charge in [0.1, 0.15) is 6.61 Å². The van der Waals surface area contributed by atoms with E-state index in [0.29, 0.717) is 16.3 Å². The minimum absolute atomic E-state index is 0.151. The van der Waals surface area contributed by atoms with Crippen LogP contribution in [0, 0.1) is 6.92 Å². The van der Waals surface area contributed by atoms with Gasteiger partial charge in [0.05, 0.1) is 11.6 Å². The predicted octanol–water partition coefficient (Wildman–Crippen LogP) is 5.28. The maximum absolute atomic E-state index is 12.3. The third-order valence-corrected chi connectivity index (χ3v) is 4.71. The molecule has 0 saturated carbocycles. The highest BCUT2D eigenvalue weighted by molar-refractivity contribution is 6.30. The highest BCUT2D eigenvalue weighted by atomic mass is 35.5. The molecule has 3 aromatic rings. The van der Waals surface area contributed by atoms with Crippen molar-refractivity contribution >= 4 is 29.3 Å². The topological polar surface area (TPSA) is 80.3 Å². The van der Waals surface area contributed by atoms with Gasteiger partial charge in [-0.15, -0.1) is 0 Å². The number of halogens is 1. The van der Waals surface area contributed by atoms with Crippen molar-refractivity contribution in [2.45, 2.75) is 26.5 Å². The molecule has 2 amide bonds. The van der Waals surface area contributed by atoms with Crippen molar-refractivity contribution in [2.24, 2.45) is 0 Å². The normalized spacial score (nSPS) is 11.4. The number of carbonyl (C=O) groups excluding carboxylic acids is 2. The van der Waals surface area contributed by atoms with Crippen LogP contribution in [0.3, 0.4) is 0 Å². The van der Waals surface area contributed by atoms with Crippen molar-refractivity contribution in [1.29, 1.82) is 0 Å². The van der Waals surface area contributed by atoms with Gasteiger partial charge in [-0.25, -0.2) is 4.79 Å². The molecule has 0 fully saturated rings. The zero-order valence-electron chi connectivity index (χ0n) is 16.7. The standard InChI is InChI=1S/C23H22ClN3O3/c1-15-3-6-19(13-25-15)22(28)26-16(2)18-7-11-21(12-8-18)27-23(29)30-14-17-4-9-20(24)10-5-17/h3-13,16H,14H2,1-2H3,(H,26,28)(H,27,29). The monoisotopic (exact) mass is 423 g/mol. The number of aromatic nitrogens is 1. The molecule has 7 heteroatoms. The molecule has 3 rings (SSSR count). The molecule has 1 aromatic heterocycles. The molecule has 0 radical (unpaired) electrons. The lowest BCUT2D eigenvalue weighted by molar-refractivity contribution is 0.0939. The molecule has 6 nitrogen and oxygen atoms in total. The van der Waals surface area contributed by atoms with E-state index in [9.17, 15) is 9.59 Å². The Morgan fingerprint density at radius 2 is 1.73 bits per heavy atom. The summed E-state index contributed by atoms with van der Waals surface area (Å²) in [6, 6.07) is 17.6. The first-order valence-corrected chi connectivity index (χ1v) is 9.80. The lowest BCUT2D eigenvalue weighted by Gasteiger charge is -2.15. The van der Waals surface area contributed by atoms with E-state index in [1.807, 2.05) is 26.0 Å². The van der Waals surface area contributed by atoms with Gasteiger partial charge < -0.3 is 10.1 Å². The number of pyridine rings is 1. The number of aryl methyl sites for hydroxylation is 1. The highest BCUT2D eigenvalue weighted by Crippen LogP contribution is 2.17. The third kappa shape index (κ3) is 6.06. The van der Waals surface area contributed by atoms with Gasteiger partial charge in [-0.2, -0.15) is 0 Å².